The predicted molar refractivity (Wildman–Crippen MR) is 93.0 cm³/mol. The summed E-state index contributed by atoms with van der Waals surface area (Å²) in [6, 6.07) is 6.97. The lowest BCUT2D eigenvalue weighted by Gasteiger charge is -2.08. The molecule has 8 heteroatoms. The lowest BCUT2D eigenvalue weighted by molar-refractivity contribution is -0.122. The number of nitrogens with one attached hydrogen (secondary N) is 2. The van der Waals surface area contributed by atoms with Crippen LogP contribution in [0.15, 0.2) is 29.3 Å². The average Bonchev–Trinajstić information content (AvgIpc) is 2.86. The normalized spacial score (nSPS) is 19.0. The van der Waals surface area contributed by atoms with Gasteiger partial charge in [-0.2, -0.15) is 0 Å². The summed E-state index contributed by atoms with van der Waals surface area (Å²) in [5.74, 6) is -0.457. The molecule has 1 aromatic carbocycles. The second-order valence-corrected chi connectivity index (χ2v) is 6.46. The van der Waals surface area contributed by atoms with Gasteiger partial charge in [-0.3, -0.25) is 14.6 Å². The minimum atomic E-state index is -0.473. The Hall–Kier alpha value is -1.57. The van der Waals surface area contributed by atoms with Gasteiger partial charge in [0.05, 0.1) is 10.7 Å². The molecular weight excluding hydrogens is 338 g/mol. The van der Waals surface area contributed by atoms with E-state index in [0.29, 0.717) is 29.0 Å². The van der Waals surface area contributed by atoms with Crippen LogP contribution in [0.1, 0.15) is 12.8 Å². The van der Waals surface area contributed by atoms with Gasteiger partial charge < -0.3 is 15.4 Å². The topological polar surface area (TPSA) is 79.8 Å². The zero-order valence-electron chi connectivity index (χ0n) is 12.7. The number of rotatable bonds is 7. The minimum Gasteiger partial charge on any atom is -0.385 e. The third kappa shape index (κ3) is 5.53. The fraction of sp³-hybridized carbons (Fsp3) is 0.400. The van der Waals surface area contributed by atoms with Crippen LogP contribution in [0, 0.1) is 0 Å². The van der Waals surface area contributed by atoms with Crippen molar-refractivity contribution < 1.29 is 14.3 Å². The van der Waals surface area contributed by atoms with E-state index in [9.17, 15) is 9.59 Å². The molecule has 0 aromatic heterocycles. The summed E-state index contributed by atoms with van der Waals surface area (Å²) in [7, 11) is 1.63. The van der Waals surface area contributed by atoms with Crippen molar-refractivity contribution >= 4 is 46.0 Å². The van der Waals surface area contributed by atoms with Crippen LogP contribution in [0.4, 0.5) is 5.69 Å². The molecule has 0 bridgehead atoms. The van der Waals surface area contributed by atoms with Crippen LogP contribution >= 0.6 is 23.4 Å². The minimum absolute atomic E-state index is 0.0683. The van der Waals surface area contributed by atoms with E-state index in [4.69, 9.17) is 16.3 Å². The van der Waals surface area contributed by atoms with Crippen molar-refractivity contribution in [2.45, 2.75) is 18.1 Å². The van der Waals surface area contributed by atoms with E-state index < -0.39 is 5.25 Å². The first-order valence-corrected chi connectivity index (χ1v) is 8.41. The highest BCUT2D eigenvalue weighted by molar-refractivity contribution is 8.15. The fourth-order valence-electron chi connectivity index (χ4n) is 1.94. The van der Waals surface area contributed by atoms with Gasteiger partial charge >= 0.3 is 0 Å². The fourth-order valence-corrected chi connectivity index (χ4v) is 3.11. The van der Waals surface area contributed by atoms with Gasteiger partial charge in [-0.1, -0.05) is 35.5 Å². The summed E-state index contributed by atoms with van der Waals surface area (Å²) in [6.45, 7) is 1.20. The number of hydrogen-bond donors (Lipinski definition) is 2. The van der Waals surface area contributed by atoms with E-state index in [1.54, 1.807) is 31.4 Å². The second-order valence-electron chi connectivity index (χ2n) is 4.86. The molecule has 1 aromatic rings. The zero-order chi connectivity index (χ0) is 16.7. The third-order valence-electron chi connectivity index (χ3n) is 3.06. The van der Waals surface area contributed by atoms with E-state index in [1.165, 1.54) is 11.8 Å². The lowest BCUT2D eigenvalue weighted by atomic mass is 10.2. The number of nitrogens with zero attached hydrogens (tertiary/aromatic N) is 1. The maximum atomic E-state index is 12.1. The van der Waals surface area contributed by atoms with Crippen LogP contribution in [0.25, 0.3) is 0 Å². The summed E-state index contributed by atoms with van der Waals surface area (Å²) < 4.78 is 4.94. The Morgan fingerprint density at radius 1 is 1.48 bits per heavy atom. The summed E-state index contributed by atoms with van der Waals surface area (Å²) in [4.78, 5) is 28.2. The first-order valence-electron chi connectivity index (χ1n) is 7.15. The van der Waals surface area contributed by atoms with E-state index in [1.807, 2.05) is 0 Å². The molecule has 1 atom stereocenters. The number of aliphatic imine (C=N–C) groups is 1. The highest BCUT2D eigenvalue weighted by Gasteiger charge is 2.31. The van der Waals surface area contributed by atoms with Gasteiger partial charge in [0.2, 0.25) is 11.8 Å². The molecular formula is C15H18ClN3O3S. The Kier molecular flexibility index (Phi) is 6.88. The number of carbonyl (C=O) groups excluding carboxylic acids is 2. The van der Waals surface area contributed by atoms with Crippen molar-refractivity contribution in [2.75, 3.05) is 25.6 Å². The molecule has 2 rings (SSSR count). The van der Waals surface area contributed by atoms with Crippen molar-refractivity contribution in [1.82, 2.24) is 5.32 Å². The number of ether oxygens (including phenoxy) is 1. The molecule has 1 aliphatic heterocycles. The SMILES string of the molecule is COCCCN=C1NC(=O)[C@H](CC(=O)Nc2ccccc2Cl)S1. The van der Waals surface area contributed by atoms with Crippen LogP contribution in [-0.2, 0) is 14.3 Å². The quantitative estimate of drug-likeness (QED) is 0.735. The van der Waals surface area contributed by atoms with Gasteiger partial charge in [0.15, 0.2) is 5.17 Å². The van der Waals surface area contributed by atoms with Gasteiger partial charge in [-0.05, 0) is 18.6 Å². The van der Waals surface area contributed by atoms with Crippen LogP contribution in [0.2, 0.25) is 5.02 Å². The maximum Gasteiger partial charge on any atom is 0.240 e. The monoisotopic (exact) mass is 355 g/mol. The van der Waals surface area contributed by atoms with E-state index in [0.717, 1.165) is 6.42 Å². The van der Waals surface area contributed by atoms with E-state index in [2.05, 4.69) is 15.6 Å². The van der Waals surface area contributed by atoms with Crippen molar-refractivity contribution in [3.8, 4) is 0 Å². The van der Waals surface area contributed by atoms with Gasteiger partial charge in [-0.15, -0.1) is 0 Å². The number of carbonyl (C=O) groups is 2. The molecule has 2 amide bonds. The summed E-state index contributed by atoms with van der Waals surface area (Å²) in [6.07, 6.45) is 0.854. The molecule has 0 saturated carbocycles. The van der Waals surface area contributed by atoms with Crippen LogP contribution in [-0.4, -0.2) is 42.5 Å². The van der Waals surface area contributed by atoms with E-state index >= 15 is 0 Å². The first kappa shape index (κ1) is 17.8. The molecule has 2 N–H and O–H groups in total. The van der Waals surface area contributed by atoms with Gasteiger partial charge in [0, 0.05) is 26.7 Å². The lowest BCUT2D eigenvalue weighted by Crippen LogP contribution is -2.28. The molecule has 0 spiro atoms. The number of amidine groups is 1. The molecule has 1 aliphatic rings. The number of amides is 2. The molecule has 6 nitrogen and oxygen atoms in total. The number of methoxy groups -OCH3 is 1. The largest absolute Gasteiger partial charge is 0.385 e. The smallest absolute Gasteiger partial charge is 0.240 e. The van der Waals surface area contributed by atoms with Crippen LogP contribution < -0.4 is 10.6 Å². The number of anilines is 1. The number of thioether (sulfide) groups is 1. The molecule has 1 heterocycles. The zero-order valence-corrected chi connectivity index (χ0v) is 14.2. The maximum absolute atomic E-state index is 12.1. The molecule has 124 valence electrons. The third-order valence-corrected chi connectivity index (χ3v) is 4.51. The van der Waals surface area contributed by atoms with E-state index in [-0.39, 0.29) is 18.2 Å². The first-order chi connectivity index (χ1) is 11.1. The van der Waals surface area contributed by atoms with Gasteiger partial charge in [0.25, 0.3) is 0 Å². The highest BCUT2D eigenvalue weighted by Crippen LogP contribution is 2.24. The Morgan fingerprint density at radius 3 is 3.00 bits per heavy atom. The summed E-state index contributed by atoms with van der Waals surface area (Å²) in [5, 5.41) is 5.95. The van der Waals surface area contributed by atoms with Crippen molar-refractivity contribution in [1.29, 1.82) is 0 Å². The average molecular weight is 356 g/mol. The molecule has 1 fully saturated rings. The van der Waals surface area contributed by atoms with Crippen LogP contribution in [0.3, 0.4) is 0 Å². The Bertz CT molecular complexity index is 609. The predicted octanol–water partition coefficient (Wildman–Crippen LogP) is 2.29. The molecule has 1 saturated heterocycles. The number of halogens is 1. The Morgan fingerprint density at radius 2 is 2.26 bits per heavy atom. The standard InChI is InChI=1S/C15H18ClN3O3S/c1-22-8-4-7-17-15-19-14(21)12(23-15)9-13(20)18-11-6-3-2-5-10(11)16/h2-3,5-6,12H,4,7-9H2,1H3,(H,18,20)(H,17,19,21)/t12-/m0/s1. The van der Waals surface area contributed by atoms with Gasteiger partial charge in [-0.25, -0.2) is 0 Å². The summed E-state index contributed by atoms with van der Waals surface area (Å²) in [5.41, 5.74) is 0.538. The molecule has 0 radical (unpaired) electrons. The summed E-state index contributed by atoms with van der Waals surface area (Å²) >= 11 is 7.27. The number of hydrogen-bond acceptors (Lipinski definition) is 5. The second kappa shape index (κ2) is 8.90. The molecule has 0 unspecified atom stereocenters. The number of para-hydroxylation sites is 1. The Labute approximate surface area is 144 Å². The van der Waals surface area contributed by atoms with Crippen molar-refractivity contribution in [2.24, 2.45) is 4.99 Å². The molecule has 0 aliphatic carbocycles. The highest BCUT2D eigenvalue weighted by atomic mass is 35.5. The van der Waals surface area contributed by atoms with Gasteiger partial charge in [0.1, 0.15) is 5.25 Å². The molecule has 23 heavy (non-hydrogen) atoms. The van der Waals surface area contributed by atoms with Crippen molar-refractivity contribution in [3.05, 3.63) is 29.3 Å². The number of benzene rings is 1. The Balaban J connectivity index is 1.84. The van der Waals surface area contributed by atoms with Crippen LogP contribution in [0.5, 0.6) is 0 Å². The van der Waals surface area contributed by atoms with Crippen molar-refractivity contribution in [3.63, 3.8) is 0 Å².